The normalized spacial score (nSPS) is 22.0. The molecule has 114 valence electrons. The zero-order valence-electron chi connectivity index (χ0n) is 11.7. The maximum absolute atomic E-state index is 12.6. The van der Waals surface area contributed by atoms with Crippen molar-refractivity contribution < 1.29 is 13.2 Å². The SMILES string of the molecule is CCSC1CCC(Nc2ccc(C(F)(F)F)cc2C#N)C1. The van der Waals surface area contributed by atoms with Gasteiger partial charge in [-0.25, -0.2) is 0 Å². The molecule has 2 rings (SSSR count). The Bertz CT molecular complexity index is 537. The van der Waals surface area contributed by atoms with E-state index in [1.54, 1.807) is 0 Å². The summed E-state index contributed by atoms with van der Waals surface area (Å²) in [6.07, 6.45) is -1.33. The molecule has 2 unspecified atom stereocenters. The zero-order chi connectivity index (χ0) is 15.5. The van der Waals surface area contributed by atoms with Crippen LogP contribution >= 0.6 is 11.8 Å². The highest BCUT2D eigenvalue weighted by Gasteiger charge is 2.31. The Balaban J connectivity index is 2.09. The predicted octanol–water partition coefficient (Wildman–Crippen LogP) is 4.66. The van der Waals surface area contributed by atoms with Gasteiger partial charge < -0.3 is 5.32 Å². The summed E-state index contributed by atoms with van der Waals surface area (Å²) in [6.45, 7) is 2.12. The maximum atomic E-state index is 12.6. The topological polar surface area (TPSA) is 35.8 Å². The number of halogens is 3. The highest BCUT2D eigenvalue weighted by molar-refractivity contribution is 7.99. The lowest BCUT2D eigenvalue weighted by atomic mass is 10.1. The summed E-state index contributed by atoms with van der Waals surface area (Å²) in [7, 11) is 0. The Morgan fingerprint density at radius 3 is 2.76 bits per heavy atom. The number of thioether (sulfide) groups is 1. The van der Waals surface area contributed by atoms with Gasteiger partial charge in [0.25, 0.3) is 0 Å². The second-order valence-electron chi connectivity index (χ2n) is 5.10. The first-order chi connectivity index (χ1) is 9.94. The fourth-order valence-electron chi connectivity index (χ4n) is 2.62. The van der Waals surface area contributed by atoms with Gasteiger partial charge in [0.2, 0.25) is 0 Å². The van der Waals surface area contributed by atoms with E-state index in [4.69, 9.17) is 5.26 Å². The van der Waals surface area contributed by atoms with Crippen molar-refractivity contribution in [1.29, 1.82) is 5.26 Å². The third-order valence-electron chi connectivity index (χ3n) is 3.61. The molecule has 1 aromatic carbocycles. The highest BCUT2D eigenvalue weighted by Crippen LogP contribution is 2.34. The molecule has 1 fully saturated rings. The first-order valence-corrected chi connectivity index (χ1v) is 7.98. The molecule has 6 heteroatoms. The van der Waals surface area contributed by atoms with Gasteiger partial charge in [0.1, 0.15) is 6.07 Å². The highest BCUT2D eigenvalue weighted by atomic mass is 32.2. The summed E-state index contributed by atoms with van der Waals surface area (Å²) in [4.78, 5) is 0. The Hall–Kier alpha value is -1.35. The van der Waals surface area contributed by atoms with Crippen molar-refractivity contribution in [2.75, 3.05) is 11.1 Å². The molecule has 1 aliphatic rings. The number of hydrogen-bond acceptors (Lipinski definition) is 3. The van der Waals surface area contributed by atoms with Gasteiger partial charge in [0.15, 0.2) is 0 Å². The minimum Gasteiger partial charge on any atom is -0.381 e. The molecule has 0 bridgehead atoms. The summed E-state index contributed by atoms with van der Waals surface area (Å²) < 4.78 is 37.9. The third-order valence-corrected chi connectivity index (χ3v) is 4.85. The van der Waals surface area contributed by atoms with Crippen molar-refractivity contribution in [2.45, 2.75) is 43.7 Å². The van der Waals surface area contributed by atoms with Crippen LogP contribution in [-0.4, -0.2) is 17.0 Å². The van der Waals surface area contributed by atoms with E-state index in [0.29, 0.717) is 10.9 Å². The molecular formula is C15H17F3N2S. The molecule has 1 N–H and O–H groups in total. The molecule has 0 aliphatic heterocycles. The van der Waals surface area contributed by atoms with Crippen LogP contribution in [0.4, 0.5) is 18.9 Å². The van der Waals surface area contributed by atoms with Crippen LogP contribution in [0.25, 0.3) is 0 Å². The molecule has 21 heavy (non-hydrogen) atoms. The summed E-state index contributed by atoms with van der Waals surface area (Å²) in [5, 5.41) is 12.9. The van der Waals surface area contributed by atoms with E-state index in [0.717, 1.165) is 37.1 Å². The predicted molar refractivity (Wildman–Crippen MR) is 79.3 cm³/mol. The summed E-state index contributed by atoms with van der Waals surface area (Å²) >= 11 is 1.92. The van der Waals surface area contributed by atoms with Crippen LogP contribution in [0.3, 0.4) is 0 Å². The smallest absolute Gasteiger partial charge is 0.381 e. The van der Waals surface area contributed by atoms with Crippen LogP contribution in [0.2, 0.25) is 0 Å². The fraction of sp³-hybridized carbons (Fsp3) is 0.533. The Morgan fingerprint density at radius 2 is 2.14 bits per heavy atom. The van der Waals surface area contributed by atoms with Gasteiger partial charge in [0, 0.05) is 11.3 Å². The quantitative estimate of drug-likeness (QED) is 0.877. The van der Waals surface area contributed by atoms with E-state index in [1.165, 1.54) is 6.07 Å². The number of nitrogens with zero attached hydrogens (tertiary/aromatic N) is 1. The number of hydrogen-bond donors (Lipinski definition) is 1. The molecule has 0 radical (unpaired) electrons. The Labute approximate surface area is 126 Å². The second kappa shape index (κ2) is 6.61. The second-order valence-corrected chi connectivity index (χ2v) is 6.68. The monoisotopic (exact) mass is 314 g/mol. The van der Waals surface area contributed by atoms with Gasteiger partial charge in [-0.15, -0.1) is 0 Å². The average Bonchev–Trinajstić information content (AvgIpc) is 2.86. The van der Waals surface area contributed by atoms with Gasteiger partial charge in [-0.05, 0) is 43.2 Å². The number of nitriles is 1. The Morgan fingerprint density at radius 1 is 1.38 bits per heavy atom. The van der Waals surface area contributed by atoms with E-state index in [2.05, 4.69) is 12.2 Å². The maximum Gasteiger partial charge on any atom is 0.416 e. The first kappa shape index (κ1) is 16.0. The molecule has 1 saturated carbocycles. The van der Waals surface area contributed by atoms with Crippen molar-refractivity contribution in [3.05, 3.63) is 29.3 Å². The van der Waals surface area contributed by atoms with Crippen molar-refractivity contribution in [3.63, 3.8) is 0 Å². The molecule has 1 aromatic rings. The Kier molecular flexibility index (Phi) is 5.04. The lowest BCUT2D eigenvalue weighted by molar-refractivity contribution is -0.137. The summed E-state index contributed by atoms with van der Waals surface area (Å²) in [5.74, 6) is 1.07. The van der Waals surface area contributed by atoms with E-state index in [-0.39, 0.29) is 11.6 Å². The van der Waals surface area contributed by atoms with Crippen molar-refractivity contribution >= 4 is 17.4 Å². The fourth-order valence-corrected chi connectivity index (χ4v) is 3.76. The molecule has 1 aliphatic carbocycles. The molecule has 2 nitrogen and oxygen atoms in total. The van der Waals surface area contributed by atoms with E-state index in [1.807, 2.05) is 17.8 Å². The van der Waals surface area contributed by atoms with Crippen LogP contribution in [-0.2, 0) is 6.18 Å². The molecule has 0 saturated heterocycles. The van der Waals surface area contributed by atoms with Crippen LogP contribution in [0, 0.1) is 11.3 Å². The standard InChI is InChI=1S/C15H17F3N2S/c1-2-21-13-5-4-12(8-13)20-14-6-3-11(15(16,17)18)7-10(14)9-19/h3,6-7,12-13,20H,2,4-5,8H2,1H3. The van der Waals surface area contributed by atoms with Crippen LogP contribution in [0.5, 0.6) is 0 Å². The van der Waals surface area contributed by atoms with Crippen LogP contribution in [0.15, 0.2) is 18.2 Å². The lowest BCUT2D eigenvalue weighted by Crippen LogP contribution is -2.17. The number of benzene rings is 1. The van der Waals surface area contributed by atoms with Gasteiger partial charge >= 0.3 is 6.18 Å². The third kappa shape index (κ3) is 4.07. The molecule has 2 atom stereocenters. The van der Waals surface area contributed by atoms with Crippen LogP contribution in [0.1, 0.15) is 37.3 Å². The number of alkyl halides is 3. The van der Waals surface area contributed by atoms with Gasteiger partial charge in [-0.1, -0.05) is 6.92 Å². The van der Waals surface area contributed by atoms with E-state index >= 15 is 0 Å². The van der Waals surface area contributed by atoms with E-state index in [9.17, 15) is 13.2 Å². The van der Waals surface area contributed by atoms with Crippen LogP contribution < -0.4 is 5.32 Å². The molecular weight excluding hydrogens is 297 g/mol. The number of anilines is 1. The van der Waals surface area contributed by atoms with Gasteiger partial charge in [-0.2, -0.15) is 30.2 Å². The molecule has 0 spiro atoms. The summed E-state index contributed by atoms with van der Waals surface area (Å²) in [6, 6.07) is 5.38. The number of rotatable bonds is 4. The summed E-state index contributed by atoms with van der Waals surface area (Å²) in [5.41, 5.74) is -0.232. The number of nitrogens with one attached hydrogen (secondary N) is 1. The average molecular weight is 314 g/mol. The zero-order valence-corrected chi connectivity index (χ0v) is 12.5. The lowest BCUT2D eigenvalue weighted by Gasteiger charge is -2.17. The molecule has 0 amide bonds. The van der Waals surface area contributed by atoms with Crippen molar-refractivity contribution in [2.24, 2.45) is 0 Å². The molecule has 0 heterocycles. The van der Waals surface area contributed by atoms with Crippen molar-refractivity contribution in [3.8, 4) is 6.07 Å². The first-order valence-electron chi connectivity index (χ1n) is 6.93. The molecule has 0 aromatic heterocycles. The minimum atomic E-state index is -4.42. The minimum absolute atomic E-state index is 0.0522. The van der Waals surface area contributed by atoms with E-state index < -0.39 is 11.7 Å². The van der Waals surface area contributed by atoms with Crippen molar-refractivity contribution in [1.82, 2.24) is 0 Å². The van der Waals surface area contributed by atoms with Gasteiger partial charge in [0.05, 0.1) is 16.8 Å². The largest absolute Gasteiger partial charge is 0.416 e. The van der Waals surface area contributed by atoms with Gasteiger partial charge in [-0.3, -0.25) is 0 Å².